The third kappa shape index (κ3) is 3.27. The van der Waals surface area contributed by atoms with Gasteiger partial charge in [-0.1, -0.05) is 44.1 Å². The second-order valence-electron chi connectivity index (χ2n) is 11.0. The molecule has 4 rings (SSSR count). The molecule has 0 aromatic heterocycles. The van der Waals surface area contributed by atoms with Gasteiger partial charge < -0.3 is 10.5 Å². The molecule has 0 aromatic carbocycles. The fraction of sp³-hybridized carbons (Fsp3) is 0.667. The van der Waals surface area contributed by atoms with E-state index in [4.69, 9.17) is 10.5 Å². The van der Waals surface area contributed by atoms with Crippen molar-refractivity contribution in [1.29, 1.82) is 0 Å². The lowest BCUT2D eigenvalue weighted by Gasteiger charge is -2.54. The number of esters is 1. The lowest BCUT2D eigenvalue weighted by atomic mass is 9.49. The highest BCUT2D eigenvalue weighted by Crippen LogP contribution is 2.69. The number of Topliss-reactive ketones (excluding diaryl/α,β-unsaturated/α-hetero) is 1. The number of rotatable bonds is 6. The van der Waals surface area contributed by atoms with E-state index >= 15 is 0 Å². The van der Waals surface area contributed by atoms with Crippen LogP contribution in [0.5, 0.6) is 0 Å². The van der Waals surface area contributed by atoms with Gasteiger partial charge in [-0.15, -0.1) is 0 Å². The number of fused-ring (bicyclic) bond motifs is 5. The third-order valence-corrected chi connectivity index (χ3v) is 9.65. The van der Waals surface area contributed by atoms with Crippen LogP contribution < -0.4 is 5.73 Å². The van der Waals surface area contributed by atoms with Crippen LogP contribution in [-0.2, 0) is 19.1 Å². The molecule has 0 heterocycles. The van der Waals surface area contributed by atoms with Gasteiger partial charge in [-0.05, 0) is 80.9 Å². The monoisotopic (exact) mass is 439 g/mol. The van der Waals surface area contributed by atoms with E-state index in [0.29, 0.717) is 24.8 Å². The van der Waals surface area contributed by atoms with Crippen LogP contribution in [0.2, 0.25) is 0 Å². The molecular weight excluding hydrogens is 402 g/mol. The Balaban J connectivity index is 1.60. The molecule has 2 unspecified atom stereocenters. The Morgan fingerprint density at radius 3 is 2.72 bits per heavy atom. The predicted molar refractivity (Wildman–Crippen MR) is 124 cm³/mol. The molecule has 2 fully saturated rings. The first kappa shape index (κ1) is 23.2. The number of hydrogen-bond acceptors (Lipinski definition) is 5. The summed E-state index contributed by atoms with van der Waals surface area (Å²) in [6.45, 7) is 9.09. The molecule has 5 heteroatoms. The second kappa shape index (κ2) is 8.09. The number of carbonyl (C=O) groups excluding carboxylic acids is 3. The zero-order valence-electron chi connectivity index (χ0n) is 19.9. The Morgan fingerprint density at radius 2 is 2.00 bits per heavy atom. The number of hydrogen-bond donors (Lipinski definition) is 1. The first-order chi connectivity index (χ1) is 15.1. The molecule has 2 N–H and O–H groups in total. The summed E-state index contributed by atoms with van der Waals surface area (Å²) in [7, 11) is 0. The van der Waals surface area contributed by atoms with Crippen molar-refractivity contribution in [2.45, 2.75) is 66.2 Å². The topological polar surface area (TPSA) is 86.5 Å². The summed E-state index contributed by atoms with van der Waals surface area (Å²) in [5.41, 5.74) is 7.23. The van der Waals surface area contributed by atoms with Gasteiger partial charge in [0.15, 0.2) is 18.2 Å². The van der Waals surface area contributed by atoms with Crippen LogP contribution in [0.4, 0.5) is 0 Å². The fourth-order valence-corrected chi connectivity index (χ4v) is 7.30. The minimum Gasteiger partial charge on any atom is -0.458 e. The Kier molecular flexibility index (Phi) is 5.85. The summed E-state index contributed by atoms with van der Waals surface area (Å²) in [6, 6.07) is 0. The zero-order valence-corrected chi connectivity index (χ0v) is 19.9. The zero-order chi connectivity index (χ0) is 23.3. The van der Waals surface area contributed by atoms with Crippen LogP contribution in [0.25, 0.3) is 0 Å². The van der Waals surface area contributed by atoms with Crippen molar-refractivity contribution in [2.75, 3.05) is 13.2 Å². The number of nitrogens with two attached hydrogens (primary N) is 1. The Bertz CT molecular complexity index is 930. The molecule has 0 aliphatic heterocycles. The SMILES string of the molecule is C[C@H]1CC2C3CCC4=CC(=O)C=C[C@]4(C)C3=CC[C@]2(C)[C@@]1(C)C(=O)COC(=O)CCCN. The molecule has 0 radical (unpaired) electrons. The van der Waals surface area contributed by atoms with Crippen molar-refractivity contribution in [1.82, 2.24) is 0 Å². The van der Waals surface area contributed by atoms with Gasteiger partial charge in [0.05, 0.1) is 0 Å². The van der Waals surface area contributed by atoms with E-state index in [2.05, 4.69) is 39.8 Å². The van der Waals surface area contributed by atoms with Gasteiger partial charge in [-0.3, -0.25) is 14.4 Å². The number of ketones is 2. The van der Waals surface area contributed by atoms with Crippen molar-refractivity contribution in [2.24, 2.45) is 39.7 Å². The number of allylic oxidation sites excluding steroid dienone is 6. The minimum absolute atomic E-state index is 0.0405. The maximum absolute atomic E-state index is 13.5. The quantitative estimate of drug-likeness (QED) is 0.492. The van der Waals surface area contributed by atoms with Gasteiger partial charge in [0.25, 0.3) is 0 Å². The van der Waals surface area contributed by atoms with Crippen LogP contribution in [-0.4, -0.2) is 30.7 Å². The molecule has 32 heavy (non-hydrogen) atoms. The van der Waals surface area contributed by atoms with Gasteiger partial charge in [0.2, 0.25) is 0 Å². The van der Waals surface area contributed by atoms with Crippen LogP contribution in [0.1, 0.15) is 66.2 Å². The smallest absolute Gasteiger partial charge is 0.306 e. The van der Waals surface area contributed by atoms with Gasteiger partial charge in [-0.2, -0.15) is 0 Å². The normalized spacial score (nSPS) is 40.0. The molecule has 4 aliphatic carbocycles. The first-order valence-corrected chi connectivity index (χ1v) is 12.1. The average molecular weight is 440 g/mol. The van der Waals surface area contributed by atoms with E-state index in [0.717, 1.165) is 25.7 Å². The predicted octanol–water partition coefficient (Wildman–Crippen LogP) is 4.32. The van der Waals surface area contributed by atoms with Crippen LogP contribution in [0.15, 0.2) is 35.5 Å². The maximum Gasteiger partial charge on any atom is 0.306 e. The van der Waals surface area contributed by atoms with Gasteiger partial charge in [-0.25, -0.2) is 0 Å². The van der Waals surface area contributed by atoms with Crippen molar-refractivity contribution in [3.05, 3.63) is 35.5 Å². The van der Waals surface area contributed by atoms with Crippen LogP contribution >= 0.6 is 0 Å². The van der Waals surface area contributed by atoms with Crippen molar-refractivity contribution < 1.29 is 19.1 Å². The molecule has 0 bridgehead atoms. The molecule has 0 saturated heterocycles. The third-order valence-electron chi connectivity index (χ3n) is 9.65. The van der Waals surface area contributed by atoms with E-state index in [1.807, 2.05) is 6.08 Å². The van der Waals surface area contributed by atoms with Crippen LogP contribution in [0, 0.1) is 34.0 Å². The van der Waals surface area contributed by atoms with E-state index < -0.39 is 5.41 Å². The average Bonchev–Trinajstić information content (AvgIpc) is 2.98. The highest BCUT2D eigenvalue weighted by atomic mass is 16.5. The first-order valence-electron chi connectivity index (χ1n) is 12.1. The van der Waals surface area contributed by atoms with E-state index in [9.17, 15) is 14.4 Å². The molecule has 2 saturated carbocycles. The molecule has 0 amide bonds. The molecule has 6 atom stereocenters. The van der Waals surface area contributed by atoms with E-state index in [-0.39, 0.29) is 47.3 Å². The Morgan fingerprint density at radius 1 is 1.25 bits per heavy atom. The Labute approximate surface area is 191 Å². The van der Waals surface area contributed by atoms with Crippen molar-refractivity contribution in [3.63, 3.8) is 0 Å². The van der Waals surface area contributed by atoms with Crippen molar-refractivity contribution in [3.8, 4) is 0 Å². The largest absolute Gasteiger partial charge is 0.458 e. The lowest BCUT2D eigenvalue weighted by molar-refractivity contribution is -0.155. The highest BCUT2D eigenvalue weighted by Gasteiger charge is 2.65. The minimum atomic E-state index is -0.538. The molecule has 174 valence electrons. The maximum atomic E-state index is 13.5. The standard InChI is InChI=1S/C27H37NO4/c1-17-14-22-20-8-7-18-15-19(29)9-11-25(18,2)21(20)10-12-26(22,3)27(17,4)23(30)16-32-24(31)6-5-13-28/h9-11,15,17,20,22H,5-8,12-14,16,28H2,1-4H3/t17-,20?,22?,25-,26-,27+/m0/s1. The summed E-state index contributed by atoms with van der Waals surface area (Å²) >= 11 is 0. The van der Waals surface area contributed by atoms with Gasteiger partial charge in [0, 0.05) is 17.3 Å². The second-order valence-corrected chi connectivity index (χ2v) is 11.0. The molecule has 5 nitrogen and oxygen atoms in total. The van der Waals surface area contributed by atoms with Crippen LogP contribution in [0.3, 0.4) is 0 Å². The summed E-state index contributed by atoms with van der Waals surface area (Å²) in [5.74, 6) is 0.823. The van der Waals surface area contributed by atoms with Gasteiger partial charge in [0.1, 0.15) is 0 Å². The van der Waals surface area contributed by atoms with Gasteiger partial charge >= 0.3 is 5.97 Å². The molecule has 0 spiro atoms. The Hall–Kier alpha value is -2.01. The van der Waals surface area contributed by atoms with E-state index in [1.54, 1.807) is 6.08 Å². The number of carbonyl (C=O) groups is 3. The number of ether oxygens (including phenoxy) is 1. The summed E-state index contributed by atoms with van der Waals surface area (Å²) < 4.78 is 5.35. The fourth-order valence-electron chi connectivity index (χ4n) is 7.30. The molecule has 0 aromatic rings. The summed E-state index contributed by atoms with van der Waals surface area (Å²) in [5, 5.41) is 0. The lowest BCUT2D eigenvalue weighted by Crippen LogP contribution is -2.51. The summed E-state index contributed by atoms with van der Waals surface area (Å²) in [6.07, 6.45) is 12.6. The molecule has 4 aliphatic rings. The molecular formula is C27H37NO4. The highest BCUT2D eigenvalue weighted by molar-refractivity contribution is 6.01. The van der Waals surface area contributed by atoms with Crippen molar-refractivity contribution >= 4 is 17.5 Å². The van der Waals surface area contributed by atoms with E-state index in [1.165, 1.54) is 11.1 Å². The summed E-state index contributed by atoms with van der Waals surface area (Å²) in [4.78, 5) is 37.5.